The molecule has 5 nitrogen and oxygen atoms in total. The summed E-state index contributed by atoms with van der Waals surface area (Å²) in [5.74, 6) is 1.17. The fourth-order valence-corrected chi connectivity index (χ4v) is 5.82. The molecule has 1 N–H and O–H groups in total. The summed E-state index contributed by atoms with van der Waals surface area (Å²) in [6, 6.07) is 25.8. The largest absolute Gasteiger partial charge is 0.493 e. The van der Waals surface area contributed by atoms with Gasteiger partial charge in [-0.25, -0.2) is 4.79 Å². The number of hydrogen-bond acceptors (Lipinski definition) is 3. The summed E-state index contributed by atoms with van der Waals surface area (Å²) >= 11 is 3.47. The molecule has 3 saturated heterocycles. The van der Waals surface area contributed by atoms with E-state index in [2.05, 4.69) is 33.0 Å². The van der Waals surface area contributed by atoms with Crippen LogP contribution in [-0.2, 0) is 6.42 Å². The molecule has 2 unspecified atom stereocenters. The van der Waals surface area contributed by atoms with Gasteiger partial charge < -0.3 is 14.7 Å². The van der Waals surface area contributed by atoms with E-state index in [1.54, 1.807) is 4.90 Å². The van der Waals surface area contributed by atoms with Crippen LogP contribution >= 0.6 is 15.9 Å². The van der Waals surface area contributed by atoms with E-state index in [-0.39, 0.29) is 12.1 Å². The van der Waals surface area contributed by atoms with Gasteiger partial charge in [0.05, 0.1) is 18.7 Å². The summed E-state index contributed by atoms with van der Waals surface area (Å²) in [5, 5.41) is 10.5. The summed E-state index contributed by atoms with van der Waals surface area (Å²) in [6.45, 7) is 3.52. The van der Waals surface area contributed by atoms with E-state index >= 15 is 0 Å². The molecule has 3 fully saturated rings. The Hall–Kier alpha value is -2.83. The SMILES string of the molecule is O=C(O)N(C(c1ccccc1)c1cccc(OCCc2ccc(Br)cc2)c1)C1CN2CCC1CC2. The van der Waals surface area contributed by atoms with Gasteiger partial charge in [-0.3, -0.25) is 4.90 Å². The third kappa shape index (κ3) is 5.54. The van der Waals surface area contributed by atoms with Crippen LogP contribution in [0.5, 0.6) is 5.75 Å². The van der Waals surface area contributed by atoms with E-state index in [9.17, 15) is 9.90 Å². The molecule has 182 valence electrons. The third-order valence-electron chi connectivity index (χ3n) is 7.34. The van der Waals surface area contributed by atoms with Crippen LogP contribution in [0.3, 0.4) is 0 Å². The minimum Gasteiger partial charge on any atom is -0.493 e. The Balaban J connectivity index is 1.41. The Morgan fingerprint density at radius 1 is 1.00 bits per heavy atom. The van der Waals surface area contributed by atoms with Gasteiger partial charge >= 0.3 is 6.09 Å². The van der Waals surface area contributed by atoms with Crippen LogP contribution in [0.1, 0.15) is 35.6 Å². The smallest absolute Gasteiger partial charge is 0.408 e. The van der Waals surface area contributed by atoms with Crippen molar-refractivity contribution in [3.63, 3.8) is 0 Å². The minimum absolute atomic E-state index is 0.0119. The number of amides is 1. The van der Waals surface area contributed by atoms with Crippen molar-refractivity contribution in [3.8, 4) is 5.75 Å². The van der Waals surface area contributed by atoms with Crippen LogP contribution in [0.15, 0.2) is 83.3 Å². The quantitative estimate of drug-likeness (QED) is 0.372. The first-order valence-corrected chi connectivity index (χ1v) is 13.1. The molecule has 0 saturated carbocycles. The molecule has 35 heavy (non-hydrogen) atoms. The highest BCUT2D eigenvalue weighted by Crippen LogP contribution is 2.39. The zero-order valence-corrected chi connectivity index (χ0v) is 21.3. The maximum Gasteiger partial charge on any atom is 0.408 e. The van der Waals surface area contributed by atoms with Crippen molar-refractivity contribution < 1.29 is 14.6 Å². The summed E-state index contributed by atoms with van der Waals surface area (Å²) in [7, 11) is 0. The zero-order valence-electron chi connectivity index (χ0n) is 19.7. The summed E-state index contributed by atoms with van der Waals surface area (Å²) in [5.41, 5.74) is 3.14. The Morgan fingerprint density at radius 3 is 2.37 bits per heavy atom. The fourth-order valence-electron chi connectivity index (χ4n) is 5.55. The fraction of sp³-hybridized carbons (Fsp3) is 0.345. The molecule has 0 aliphatic carbocycles. The van der Waals surface area contributed by atoms with Crippen LogP contribution < -0.4 is 4.74 Å². The van der Waals surface area contributed by atoms with Crippen molar-refractivity contribution in [3.05, 3.63) is 100 Å². The number of halogens is 1. The lowest BCUT2D eigenvalue weighted by atomic mass is 9.81. The second-order valence-corrected chi connectivity index (χ2v) is 10.4. The predicted molar refractivity (Wildman–Crippen MR) is 141 cm³/mol. The van der Waals surface area contributed by atoms with E-state index in [0.717, 1.165) is 60.2 Å². The maximum absolute atomic E-state index is 12.8. The van der Waals surface area contributed by atoms with E-state index in [4.69, 9.17) is 4.74 Å². The Morgan fingerprint density at radius 2 is 1.71 bits per heavy atom. The van der Waals surface area contributed by atoms with Gasteiger partial charge in [0.25, 0.3) is 0 Å². The van der Waals surface area contributed by atoms with Crippen LogP contribution in [0, 0.1) is 5.92 Å². The number of fused-ring (bicyclic) bond motifs is 3. The first-order valence-electron chi connectivity index (χ1n) is 12.3. The van der Waals surface area contributed by atoms with E-state index in [1.807, 2.05) is 66.7 Å². The van der Waals surface area contributed by atoms with Crippen molar-refractivity contribution in [1.29, 1.82) is 0 Å². The van der Waals surface area contributed by atoms with Crippen molar-refractivity contribution in [2.24, 2.45) is 5.92 Å². The third-order valence-corrected chi connectivity index (χ3v) is 7.87. The van der Waals surface area contributed by atoms with Gasteiger partial charge in [0.2, 0.25) is 0 Å². The molecule has 3 aliphatic heterocycles. The Labute approximate surface area is 215 Å². The molecule has 3 aliphatic rings. The van der Waals surface area contributed by atoms with Gasteiger partial charge in [-0.2, -0.15) is 0 Å². The normalized spacial score (nSPS) is 21.9. The van der Waals surface area contributed by atoms with Crippen LogP contribution in [0.25, 0.3) is 0 Å². The first-order chi connectivity index (χ1) is 17.1. The monoisotopic (exact) mass is 534 g/mol. The summed E-state index contributed by atoms with van der Waals surface area (Å²) in [6.07, 6.45) is 2.07. The highest BCUT2D eigenvalue weighted by molar-refractivity contribution is 9.10. The molecule has 0 aromatic heterocycles. The standard InChI is InChI=1S/C29H31BrN2O3/c30-25-11-9-21(10-12-25)15-18-35-26-8-4-7-24(19-26)28(23-5-2-1-3-6-23)32(29(33)34)27-20-31-16-13-22(27)14-17-31/h1-12,19,22,27-28H,13-18,20H2,(H,33,34). The molecule has 0 spiro atoms. The second kappa shape index (κ2) is 10.8. The number of piperidine rings is 3. The minimum atomic E-state index is -0.862. The zero-order chi connectivity index (χ0) is 24.2. The van der Waals surface area contributed by atoms with E-state index in [1.165, 1.54) is 5.56 Å². The first kappa shape index (κ1) is 23.9. The van der Waals surface area contributed by atoms with Crippen LogP contribution in [0.4, 0.5) is 4.79 Å². The number of carboxylic acid groups (broad SMARTS) is 1. The van der Waals surface area contributed by atoms with Gasteiger partial charge in [0.1, 0.15) is 5.75 Å². The number of nitrogens with zero attached hydrogens (tertiary/aromatic N) is 2. The van der Waals surface area contributed by atoms with Gasteiger partial charge in [-0.05, 0) is 72.8 Å². The molecule has 3 heterocycles. The predicted octanol–water partition coefficient (Wildman–Crippen LogP) is 6.23. The van der Waals surface area contributed by atoms with Crippen molar-refractivity contribution >= 4 is 22.0 Å². The van der Waals surface area contributed by atoms with Gasteiger partial charge in [-0.1, -0.05) is 70.5 Å². The van der Waals surface area contributed by atoms with E-state index < -0.39 is 6.09 Å². The average Bonchev–Trinajstić information content (AvgIpc) is 2.89. The van der Waals surface area contributed by atoms with Gasteiger partial charge in [0.15, 0.2) is 0 Å². The molecular formula is C29H31BrN2O3. The van der Waals surface area contributed by atoms with Gasteiger partial charge in [-0.15, -0.1) is 0 Å². The molecule has 1 amide bonds. The lowest BCUT2D eigenvalue weighted by Gasteiger charge is -2.50. The number of hydrogen-bond donors (Lipinski definition) is 1. The van der Waals surface area contributed by atoms with Gasteiger partial charge in [0, 0.05) is 17.4 Å². The Bertz CT molecular complexity index is 1130. The van der Waals surface area contributed by atoms with Crippen LogP contribution in [-0.4, -0.2) is 53.3 Å². The van der Waals surface area contributed by atoms with Crippen molar-refractivity contribution in [1.82, 2.24) is 9.80 Å². The van der Waals surface area contributed by atoms with Crippen LogP contribution in [0.2, 0.25) is 0 Å². The molecule has 2 bridgehead atoms. The summed E-state index contributed by atoms with van der Waals surface area (Å²) in [4.78, 5) is 16.9. The number of benzene rings is 3. The highest BCUT2D eigenvalue weighted by Gasteiger charge is 2.43. The molecular weight excluding hydrogens is 504 g/mol. The lowest BCUT2D eigenvalue weighted by Crippen LogP contribution is -2.59. The second-order valence-electron chi connectivity index (χ2n) is 9.51. The van der Waals surface area contributed by atoms with Crippen molar-refractivity contribution in [2.45, 2.75) is 31.3 Å². The summed E-state index contributed by atoms with van der Waals surface area (Å²) < 4.78 is 7.18. The van der Waals surface area contributed by atoms with Crippen molar-refractivity contribution in [2.75, 3.05) is 26.2 Å². The lowest BCUT2D eigenvalue weighted by molar-refractivity contribution is -0.000809. The Kier molecular flexibility index (Phi) is 7.40. The molecule has 0 radical (unpaired) electrons. The molecule has 3 aromatic rings. The molecule has 3 aromatic carbocycles. The van der Waals surface area contributed by atoms with E-state index in [0.29, 0.717) is 12.5 Å². The number of rotatable bonds is 8. The molecule has 6 rings (SSSR count). The topological polar surface area (TPSA) is 53.0 Å². The molecule has 2 atom stereocenters. The number of carbonyl (C=O) groups is 1. The average molecular weight is 535 g/mol. The molecule has 6 heteroatoms. The highest BCUT2D eigenvalue weighted by atomic mass is 79.9. The number of ether oxygens (including phenoxy) is 1. The maximum atomic E-state index is 12.8.